The molecule has 0 unspecified atom stereocenters. The zero-order valence-corrected chi connectivity index (χ0v) is 8.25. The highest BCUT2D eigenvalue weighted by Crippen LogP contribution is 1.94. The van der Waals surface area contributed by atoms with E-state index in [4.69, 9.17) is 4.74 Å². The molecule has 5 heteroatoms. The van der Waals surface area contributed by atoms with Gasteiger partial charge in [-0.1, -0.05) is 0 Å². The Kier molecular flexibility index (Phi) is 4.71. The molecule has 0 aliphatic carbocycles. The fraction of sp³-hybridized carbons (Fsp3) is 0.556. The summed E-state index contributed by atoms with van der Waals surface area (Å²) in [5.74, 6) is 0.602. The molecule has 5 nitrogen and oxygen atoms in total. The monoisotopic (exact) mass is 197 g/mol. The smallest absolute Gasteiger partial charge is 0.252 e. The normalized spacial score (nSPS) is 10.1. The molecule has 78 valence electrons. The highest BCUT2D eigenvalue weighted by atomic mass is 16.5. The van der Waals surface area contributed by atoms with Crippen LogP contribution in [0.5, 0.6) is 0 Å². The molecule has 0 amide bonds. The van der Waals surface area contributed by atoms with E-state index in [2.05, 4.69) is 15.3 Å². The summed E-state index contributed by atoms with van der Waals surface area (Å²) >= 11 is 0. The predicted octanol–water partition coefficient (Wildman–Crippen LogP) is 0.608. The van der Waals surface area contributed by atoms with Gasteiger partial charge in [-0.25, -0.2) is 4.98 Å². The topological polar surface area (TPSA) is 67.0 Å². The molecule has 0 spiro atoms. The third-order valence-corrected chi connectivity index (χ3v) is 1.65. The minimum atomic E-state index is -0.146. The molecule has 0 saturated carbocycles. The van der Waals surface area contributed by atoms with Crippen LogP contribution in [0.25, 0.3) is 0 Å². The van der Waals surface area contributed by atoms with Gasteiger partial charge >= 0.3 is 0 Å². The van der Waals surface area contributed by atoms with Crippen LogP contribution >= 0.6 is 0 Å². The molecule has 0 bridgehead atoms. The highest BCUT2D eigenvalue weighted by Gasteiger charge is 1.93. The number of hydrogen-bond donors (Lipinski definition) is 2. The largest absolute Gasteiger partial charge is 0.382 e. The van der Waals surface area contributed by atoms with Crippen LogP contribution in [0.3, 0.4) is 0 Å². The molecular weight excluding hydrogens is 182 g/mol. The lowest BCUT2D eigenvalue weighted by atomic mass is 10.4. The Bertz CT molecular complexity index is 311. The Morgan fingerprint density at radius 2 is 2.50 bits per heavy atom. The average molecular weight is 197 g/mol. The van der Waals surface area contributed by atoms with Crippen molar-refractivity contribution in [3.05, 3.63) is 22.7 Å². The van der Waals surface area contributed by atoms with Gasteiger partial charge in [0.1, 0.15) is 5.82 Å². The summed E-state index contributed by atoms with van der Waals surface area (Å²) < 4.78 is 5.17. The van der Waals surface area contributed by atoms with Crippen LogP contribution in [0.4, 0.5) is 5.82 Å². The van der Waals surface area contributed by atoms with Gasteiger partial charge in [-0.3, -0.25) is 4.79 Å². The van der Waals surface area contributed by atoms with Gasteiger partial charge in [0.05, 0.1) is 6.33 Å². The third kappa shape index (κ3) is 4.04. The second kappa shape index (κ2) is 6.15. The zero-order chi connectivity index (χ0) is 10.2. The second-order valence-electron chi connectivity index (χ2n) is 2.77. The van der Waals surface area contributed by atoms with Gasteiger partial charge < -0.3 is 15.0 Å². The van der Waals surface area contributed by atoms with Crippen LogP contribution in [-0.4, -0.2) is 29.7 Å². The van der Waals surface area contributed by atoms with Crippen LogP contribution in [0.15, 0.2) is 17.2 Å². The van der Waals surface area contributed by atoms with Crippen LogP contribution in [-0.2, 0) is 4.74 Å². The maximum Gasteiger partial charge on any atom is 0.252 e. The van der Waals surface area contributed by atoms with Gasteiger partial charge in [0.15, 0.2) is 0 Å². The summed E-state index contributed by atoms with van der Waals surface area (Å²) in [5.41, 5.74) is -0.146. The van der Waals surface area contributed by atoms with Crippen LogP contribution in [0.2, 0.25) is 0 Å². The van der Waals surface area contributed by atoms with Crippen LogP contribution < -0.4 is 10.9 Å². The summed E-state index contributed by atoms with van der Waals surface area (Å²) in [4.78, 5) is 17.3. The fourth-order valence-corrected chi connectivity index (χ4v) is 1.00. The lowest BCUT2D eigenvalue weighted by Gasteiger charge is -2.04. The molecule has 0 aliphatic rings. The SMILES string of the molecule is CCOCCCNc1cc(=O)[nH]cn1. The van der Waals surface area contributed by atoms with E-state index < -0.39 is 0 Å². The van der Waals surface area contributed by atoms with Crippen molar-refractivity contribution in [3.63, 3.8) is 0 Å². The molecule has 2 N–H and O–H groups in total. The van der Waals surface area contributed by atoms with Gasteiger partial charge in [0, 0.05) is 25.8 Å². The number of nitrogens with zero attached hydrogens (tertiary/aromatic N) is 1. The van der Waals surface area contributed by atoms with E-state index in [0.717, 1.165) is 26.2 Å². The van der Waals surface area contributed by atoms with E-state index in [-0.39, 0.29) is 5.56 Å². The minimum Gasteiger partial charge on any atom is -0.382 e. The summed E-state index contributed by atoms with van der Waals surface area (Å²) in [6.07, 6.45) is 2.29. The first-order valence-corrected chi connectivity index (χ1v) is 4.69. The van der Waals surface area contributed by atoms with Crippen molar-refractivity contribution in [2.75, 3.05) is 25.1 Å². The maximum atomic E-state index is 10.9. The summed E-state index contributed by atoms with van der Waals surface area (Å²) in [7, 11) is 0. The lowest BCUT2D eigenvalue weighted by Crippen LogP contribution is -2.11. The summed E-state index contributed by atoms with van der Waals surface area (Å²) in [5, 5.41) is 3.03. The van der Waals surface area contributed by atoms with Gasteiger partial charge in [0.25, 0.3) is 5.56 Å². The summed E-state index contributed by atoms with van der Waals surface area (Å²) in [6.45, 7) is 4.19. The van der Waals surface area contributed by atoms with Crippen molar-refractivity contribution >= 4 is 5.82 Å². The molecule has 0 saturated heterocycles. The standard InChI is InChI=1S/C9H15N3O2/c1-2-14-5-3-4-10-8-6-9(13)12-7-11-8/h6-7H,2-5H2,1H3,(H2,10,11,12,13). The fourth-order valence-electron chi connectivity index (χ4n) is 1.00. The molecule has 0 atom stereocenters. The molecule has 1 aromatic rings. The predicted molar refractivity (Wildman–Crippen MR) is 54.5 cm³/mol. The van der Waals surface area contributed by atoms with Gasteiger partial charge in [0.2, 0.25) is 0 Å². The minimum absolute atomic E-state index is 0.146. The average Bonchev–Trinajstić information content (AvgIpc) is 2.18. The first-order valence-electron chi connectivity index (χ1n) is 4.69. The number of anilines is 1. The van der Waals surface area contributed by atoms with Gasteiger partial charge in [-0.2, -0.15) is 0 Å². The molecule has 0 aliphatic heterocycles. The Labute approximate surface area is 82.5 Å². The van der Waals surface area contributed by atoms with E-state index >= 15 is 0 Å². The Morgan fingerprint density at radius 3 is 3.21 bits per heavy atom. The van der Waals surface area contributed by atoms with E-state index in [1.54, 1.807) is 0 Å². The van der Waals surface area contributed by atoms with Crippen LogP contribution in [0, 0.1) is 0 Å². The number of aromatic nitrogens is 2. The van der Waals surface area contributed by atoms with E-state index in [9.17, 15) is 4.79 Å². The first-order chi connectivity index (χ1) is 6.83. The van der Waals surface area contributed by atoms with E-state index in [1.807, 2.05) is 6.92 Å². The van der Waals surface area contributed by atoms with E-state index in [1.165, 1.54) is 12.4 Å². The van der Waals surface area contributed by atoms with Crippen molar-refractivity contribution in [2.24, 2.45) is 0 Å². The first kappa shape index (κ1) is 10.7. The second-order valence-corrected chi connectivity index (χ2v) is 2.77. The van der Waals surface area contributed by atoms with Crippen molar-refractivity contribution in [2.45, 2.75) is 13.3 Å². The third-order valence-electron chi connectivity index (χ3n) is 1.65. The van der Waals surface area contributed by atoms with E-state index in [0.29, 0.717) is 5.82 Å². The zero-order valence-electron chi connectivity index (χ0n) is 8.25. The Balaban J connectivity index is 2.21. The Hall–Kier alpha value is -1.36. The van der Waals surface area contributed by atoms with Crippen molar-refractivity contribution in [3.8, 4) is 0 Å². The molecular formula is C9H15N3O2. The Morgan fingerprint density at radius 1 is 1.64 bits per heavy atom. The molecule has 1 heterocycles. The number of hydrogen-bond acceptors (Lipinski definition) is 4. The molecule has 1 aromatic heterocycles. The number of rotatable bonds is 6. The summed E-state index contributed by atoms with van der Waals surface area (Å²) in [6, 6.07) is 1.43. The van der Waals surface area contributed by atoms with Crippen LogP contribution in [0.1, 0.15) is 13.3 Å². The number of aromatic amines is 1. The lowest BCUT2D eigenvalue weighted by molar-refractivity contribution is 0.147. The maximum absolute atomic E-state index is 10.9. The van der Waals surface area contributed by atoms with Gasteiger partial charge in [-0.15, -0.1) is 0 Å². The number of nitrogens with one attached hydrogen (secondary N) is 2. The molecule has 0 aromatic carbocycles. The molecule has 0 fully saturated rings. The quantitative estimate of drug-likeness (QED) is 0.656. The number of ether oxygens (including phenoxy) is 1. The van der Waals surface area contributed by atoms with Crippen molar-refractivity contribution < 1.29 is 4.74 Å². The van der Waals surface area contributed by atoms with Gasteiger partial charge in [-0.05, 0) is 13.3 Å². The molecule has 1 rings (SSSR count). The number of H-pyrrole nitrogens is 1. The molecule has 14 heavy (non-hydrogen) atoms. The molecule has 0 radical (unpaired) electrons. The highest BCUT2D eigenvalue weighted by molar-refractivity contribution is 5.31. The van der Waals surface area contributed by atoms with Crippen molar-refractivity contribution in [1.82, 2.24) is 9.97 Å². The van der Waals surface area contributed by atoms with Crippen molar-refractivity contribution in [1.29, 1.82) is 0 Å².